The first-order valence-corrected chi connectivity index (χ1v) is 10.1. The van der Waals surface area contributed by atoms with Crippen LogP contribution in [0.1, 0.15) is 39.9 Å². The number of aliphatic carboxylic acids is 1. The summed E-state index contributed by atoms with van der Waals surface area (Å²) >= 11 is 0. The van der Waals surface area contributed by atoms with Crippen molar-refractivity contribution >= 4 is 22.8 Å². The molecule has 34 heavy (non-hydrogen) atoms. The standard InChI is InChI=1S/C23H20F6N2O3/c1-31(21(34)13-8-15(22(24,25)26)11-16(9-13)23(27,28)29)17(6-7-20(32)33)10-14-12-30-19-5-3-2-4-18(14)19/h2-5,8-9,11-12,17,30H,6-7,10H2,1H3,(H,32,33). The van der Waals surface area contributed by atoms with Crippen LogP contribution in [-0.2, 0) is 23.6 Å². The summed E-state index contributed by atoms with van der Waals surface area (Å²) < 4.78 is 79.2. The van der Waals surface area contributed by atoms with E-state index in [0.29, 0.717) is 12.1 Å². The van der Waals surface area contributed by atoms with E-state index in [4.69, 9.17) is 5.11 Å². The van der Waals surface area contributed by atoms with E-state index in [2.05, 4.69) is 4.98 Å². The summed E-state index contributed by atoms with van der Waals surface area (Å²) in [6.45, 7) is 0. The van der Waals surface area contributed by atoms with Gasteiger partial charge in [0.1, 0.15) is 0 Å². The number of aromatic amines is 1. The van der Waals surface area contributed by atoms with Crippen molar-refractivity contribution in [2.45, 2.75) is 37.7 Å². The molecule has 11 heteroatoms. The van der Waals surface area contributed by atoms with Gasteiger partial charge in [0, 0.05) is 42.2 Å². The molecule has 0 fully saturated rings. The SMILES string of the molecule is CN(C(=O)c1cc(C(F)(F)F)cc(C(F)(F)F)c1)C(CCC(=O)O)Cc1c[nH]c2ccccc12. The molecule has 1 heterocycles. The van der Waals surface area contributed by atoms with Crippen LogP contribution in [0.25, 0.3) is 10.9 Å². The Bertz CT molecular complexity index is 1170. The Hall–Kier alpha value is -3.50. The number of carbonyl (C=O) groups is 2. The highest BCUT2D eigenvalue weighted by atomic mass is 19.4. The Kier molecular flexibility index (Phi) is 6.94. The van der Waals surface area contributed by atoms with Crippen LogP contribution in [0, 0.1) is 0 Å². The number of halogens is 6. The maximum absolute atomic E-state index is 13.2. The van der Waals surface area contributed by atoms with E-state index >= 15 is 0 Å². The monoisotopic (exact) mass is 486 g/mol. The number of carboxylic acid groups (broad SMARTS) is 1. The van der Waals surface area contributed by atoms with Crippen LogP contribution in [0.2, 0.25) is 0 Å². The predicted octanol–water partition coefficient (Wildman–Crippen LogP) is 5.75. The largest absolute Gasteiger partial charge is 0.481 e. The Balaban J connectivity index is 1.98. The number of aromatic nitrogens is 1. The second-order valence-corrected chi connectivity index (χ2v) is 7.86. The van der Waals surface area contributed by atoms with Gasteiger partial charge in [-0.2, -0.15) is 26.3 Å². The molecule has 2 N–H and O–H groups in total. The fourth-order valence-electron chi connectivity index (χ4n) is 3.72. The zero-order valence-electron chi connectivity index (χ0n) is 17.8. The third kappa shape index (κ3) is 5.70. The molecule has 2 aromatic carbocycles. The normalized spacial score (nSPS) is 13.1. The Labute approximate surface area is 190 Å². The first-order chi connectivity index (χ1) is 15.8. The summed E-state index contributed by atoms with van der Waals surface area (Å²) in [4.78, 5) is 28.2. The minimum atomic E-state index is -5.10. The number of fused-ring (bicyclic) bond motifs is 1. The van der Waals surface area contributed by atoms with Gasteiger partial charge in [-0.25, -0.2) is 0 Å². The Morgan fingerprint density at radius 3 is 2.15 bits per heavy atom. The van der Waals surface area contributed by atoms with Gasteiger partial charge in [-0.15, -0.1) is 0 Å². The number of hydrogen-bond donors (Lipinski definition) is 2. The predicted molar refractivity (Wildman–Crippen MR) is 111 cm³/mol. The molecule has 5 nitrogen and oxygen atoms in total. The molecule has 0 radical (unpaired) electrons. The van der Waals surface area contributed by atoms with Gasteiger partial charge in [0.2, 0.25) is 0 Å². The molecule has 3 aromatic rings. The van der Waals surface area contributed by atoms with E-state index in [9.17, 15) is 35.9 Å². The maximum Gasteiger partial charge on any atom is 0.416 e. The number of carbonyl (C=O) groups excluding carboxylic acids is 1. The minimum Gasteiger partial charge on any atom is -0.481 e. The number of nitrogens with one attached hydrogen (secondary N) is 1. The second-order valence-electron chi connectivity index (χ2n) is 7.86. The molecule has 1 amide bonds. The number of H-pyrrole nitrogens is 1. The third-order valence-electron chi connectivity index (χ3n) is 5.52. The van der Waals surface area contributed by atoms with E-state index in [-0.39, 0.29) is 25.3 Å². The molecule has 0 spiro atoms. The van der Waals surface area contributed by atoms with Gasteiger partial charge in [-0.1, -0.05) is 18.2 Å². The summed E-state index contributed by atoms with van der Waals surface area (Å²) in [5.74, 6) is -2.23. The van der Waals surface area contributed by atoms with Gasteiger partial charge in [-0.3, -0.25) is 9.59 Å². The molecule has 0 aliphatic heterocycles. The van der Waals surface area contributed by atoms with Gasteiger partial charge in [0.15, 0.2) is 0 Å². The van der Waals surface area contributed by atoms with Crippen molar-refractivity contribution in [1.29, 1.82) is 0 Å². The Morgan fingerprint density at radius 1 is 1.00 bits per heavy atom. The van der Waals surface area contributed by atoms with E-state index in [1.54, 1.807) is 30.5 Å². The van der Waals surface area contributed by atoms with E-state index < -0.39 is 47.0 Å². The average molecular weight is 486 g/mol. The molecule has 0 saturated carbocycles. The number of alkyl halides is 6. The molecule has 3 rings (SSSR count). The van der Waals surface area contributed by atoms with Crippen molar-refractivity contribution < 1.29 is 41.0 Å². The molecular weight excluding hydrogens is 466 g/mol. The van der Waals surface area contributed by atoms with Gasteiger partial charge < -0.3 is 15.0 Å². The fraction of sp³-hybridized carbons (Fsp3) is 0.304. The van der Waals surface area contributed by atoms with Gasteiger partial charge >= 0.3 is 18.3 Å². The average Bonchev–Trinajstić information content (AvgIpc) is 3.16. The first-order valence-electron chi connectivity index (χ1n) is 10.1. The number of rotatable bonds is 7. The number of benzene rings is 2. The zero-order valence-corrected chi connectivity index (χ0v) is 17.8. The summed E-state index contributed by atoms with van der Waals surface area (Å²) in [6, 6.07) is 7.08. The minimum absolute atomic E-state index is 0.0510. The van der Waals surface area contributed by atoms with Crippen LogP contribution in [0.15, 0.2) is 48.7 Å². The van der Waals surface area contributed by atoms with Crippen LogP contribution >= 0.6 is 0 Å². The van der Waals surface area contributed by atoms with Crippen molar-refractivity contribution in [3.63, 3.8) is 0 Å². The number of amides is 1. The lowest BCUT2D eigenvalue weighted by atomic mass is 9.98. The third-order valence-corrected chi connectivity index (χ3v) is 5.52. The number of nitrogens with zero attached hydrogens (tertiary/aromatic N) is 1. The highest BCUT2D eigenvalue weighted by Crippen LogP contribution is 2.36. The van der Waals surface area contributed by atoms with Crippen LogP contribution in [0.3, 0.4) is 0 Å². The second kappa shape index (κ2) is 9.40. The molecule has 0 bridgehead atoms. The Morgan fingerprint density at radius 2 is 1.59 bits per heavy atom. The van der Waals surface area contributed by atoms with Crippen molar-refractivity contribution in [1.82, 2.24) is 9.88 Å². The van der Waals surface area contributed by atoms with Crippen LogP contribution in [0.4, 0.5) is 26.3 Å². The van der Waals surface area contributed by atoms with E-state index in [1.165, 1.54) is 7.05 Å². The number of carboxylic acids is 1. The first kappa shape index (κ1) is 25.1. The van der Waals surface area contributed by atoms with Crippen molar-refractivity contribution in [3.05, 3.63) is 70.9 Å². The molecule has 1 unspecified atom stereocenters. The summed E-state index contributed by atoms with van der Waals surface area (Å²) in [5, 5.41) is 9.90. The summed E-state index contributed by atoms with van der Waals surface area (Å²) in [5.41, 5.74) is -2.47. The molecular formula is C23H20F6N2O3. The number of para-hydroxylation sites is 1. The van der Waals surface area contributed by atoms with Gasteiger partial charge in [-0.05, 0) is 42.7 Å². The van der Waals surface area contributed by atoms with E-state index in [1.807, 2.05) is 0 Å². The molecule has 1 aromatic heterocycles. The summed E-state index contributed by atoms with van der Waals surface area (Å²) in [7, 11) is 1.23. The molecule has 0 saturated heterocycles. The highest BCUT2D eigenvalue weighted by Gasteiger charge is 2.38. The van der Waals surface area contributed by atoms with Crippen LogP contribution in [0.5, 0.6) is 0 Å². The molecule has 182 valence electrons. The lowest BCUT2D eigenvalue weighted by Crippen LogP contribution is -2.39. The molecule has 1 atom stereocenters. The maximum atomic E-state index is 13.2. The van der Waals surface area contributed by atoms with Crippen LogP contribution < -0.4 is 0 Å². The number of hydrogen-bond acceptors (Lipinski definition) is 2. The van der Waals surface area contributed by atoms with Gasteiger partial charge in [0.05, 0.1) is 11.1 Å². The van der Waals surface area contributed by atoms with Crippen molar-refractivity contribution in [3.8, 4) is 0 Å². The van der Waals surface area contributed by atoms with Crippen molar-refractivity contribution in [2.75, 3.05) is 7.05 Å². The smallest absolute Gasteiger partial charge is 0.416 e. The molecule has 0 aliphatic carbocycles. The van der Waals surface area contributed by atoms with Crippen molar-refractivity contribution in [2.24, 2.45) is 0 Å². The topological polar surface area (TPSA) is 73.4 Å². The van der Waals surface area contributed by atoms with Gasteiger partial charge in [0.25, 0.3) is 5.91 Å². The van der Waals surface area contributed by atoms with Crippen LogP contribution in [-0.4, -0.2) is 40.0 Å². The zero-order chi connectivity index (χ0) is 25.3. The van der Waals surface area contributed by atoms with E-state index in [0.717, 1.165) is 21.4 Å². The lowest BCUT2D eigenvalue weighted by Gasteiger charge is -2.28. The molecule has 0 aliphatic rings. The summed E-state index contributed by atoms with van der Waals surface area (Å²) in [6.07, 6.45) is -8.78. The fourth-order valence-corrected chi connectivity index (χ4v) is 3.72. The lowest BCUT2D eigenvalue weighted by molar-refractivity contribution is -0.143. The quantitative estimate of drug-likeness (QED) is 0.418. The number of likely N-dealkylation sites (N-methyl/N-ethyl adjacent to an activating group) is 1. The highest BCUT2D eigenvalue weighted by molar-refractivity contribution is 5.95.